The van der Waals surface area contributed by atoms with Crippen LogP contribution < -0.4 is 0 Å². The van der Waals surface area contributed by atoms with Crippen LogP contribution in [0.2, 0.25) is 0 Å². The van der Waals surface area contributed by atoms with Crippen LogP contribution in [0.1, 0.15) is 31.4 Å². The predicted octanol–water partition coefficient (Wildman–Crippen LogP) is 3.55. The van der Waals surface area contributed by atoms with Gasteiger partial charge in [0.2, 0.25) is 0 Å². The van der Waals surface area contributed by atoms with E-state index in [9.17, 15) is 0 Å². The van der Waals surface area contributed by atoms with E-state index in [0.29, 0.717) is 6.61 Å². The van der Waals surface area contributed by atoms with E-state index in [-0.39, 0.29) is 0 Å². The third-order valence-corrected chi connectivity index (χ3v) is 3.34. The summed E-state index contributed by atoms with van der Waals surface area (Å²) in [4.78, 5) is 4.27. The first-order chi connectivity index (χ1) is 7.34. The summed E-state index contributed by atoms with van der Waals surface area (Å²) in [6.45, 7) is 1.54. The summed E-state index contributed by atoms with van der Waals surface area (Å²) in [5.41, 5.74) is 1.01. The van der Waals surface area contributed by atoms with Gasteiger partial charge in [0.15, 0.2) is 0 Å². The monoisotopic (exact) mass is 269 g/mol. The van der Waals surface area contributed by atoms with Gasteiger partial charge in [0.05, 0.1) is 12.3 Å². The highest BCUT2D eigenvalue weighted by Gasteiger charge is 2.14. The largest absolute Gasteiger partial charge is 0.375 e. The van der Waals surface area contributed by atoms with Crippen LogP contribution in [-0.4, -0.2) is 11.6 Å². The minimum absolute atomic E-state index is 0.643. The molecule has 0 aliphatic heterocycles. The minimum atomic E-state index is 0.643. The standard InChI is InChI=1S/C12H16BrNO/c13-11-5-6-12(14-7-11)9-15-8-10-3-1-2-4-10/h5-7,10H,1-4,8-9H2. The van der Waals surface area contributed by atoms with Gasteiger partial charge in [-0.3, -0.25) is 4.98 Å². The van der Waals surface area contributed by atoms with Crippen molar-refractivity contribution in [1.82, 2.24) is 4.98 Å². The van der Waals surface area contributed by atoms with Crippen LogP contribution in [0.25, 0.3) is 0 Å². The van der Waals surface area contributed by atoms with Crippen LogP contribution in [0.5, 0.6) is 0 Å². The van der Waals surface area contributed by atoms with Crippen molar-refractivity contribution < 1.29 is 4.74 Å². The predicted molar refractivity (Wildman–Crippen MR) is 63.6 cm³/mol. The molecule has 0 spiro atoms. The molecule has 1 aromatic heterocycles. The molecule has 1 aliphatic carbocycles. The van der Waals surface area contributed by atoms with Crippen LogP contribution in [0.4, 0.5) is 0 Å². The zero-order chi connectivity index (χ0) is 10.5. The van der Waals surface area contributed by atoms with Gasteiger partial charge in [-0.15, -0.1) is 0 Å². The van der Waals surface area contributed by atoms with E-state index in [1.165, 1.54) is 25.7 Å². The molecule has 0 radical (unpaired) electrons. The van der Waals surface area contributed by atoms with E-state index in [0.717, 1.165) is 22.7 Å². The van der Waals surface area contributed by atoms with Gasteiger partial charge in [0, 0.05) is 17.3 Å². The molecule has 2 nitrogen and oxygen atoms in total. The molecule has 0 amide bonds. The van der Waals surface area contributed by atoms with Gasteiger partial charge in [0.25, 0.3) is 0 Å². The smallest absolute Gasteiger partial charge is 0.0887 e. The van der Waals surface area contributed by atoms with E-state index in [2.05, 4.69) is 20.9 Å². The molecule has 1 fully saturated rings. The van der Waals surface area contributed by atoms with E-state index < -0.39 is 0 Å². The SMILES string of the molecule is Brc1ccc(COCC2CCCC2)nc1. The molecule has 0 N–H and O–H groups in total. The first-order valence-electron chi connectivity index (χ1n) is 5.53. The topological polar surface area (TPSA) is 22.1 Å². The van der Waals surface area contributed by atoms with Gasteiger partial charge in [-0.25, -0.2) is 0 Å². The second-order valence-electron chi connectivity index (χ2n) is 4.13. The second kappa shape index (κ2) is 5.61. The Labute approximate surface area is 99.2 Å². The molecule has 1 saturated carbocycles. The lowest BCUT2D eigenvalue weighted by molar-refractivity contribution is 0.0867. The molecule has 1 aromatic rings. The molecule has 0 unspecified atom stereocenters. The van der Waals surface area contributed by atoms with Crippen molar-refractivity contribution in [2.45, 2.75) is 32.3 Å². The number of hydrogen-bond acceptors (Lipinski definition) is 2. The number of ether oxygens (including phenoxy) is 1. The summed E-state index contributed by atoms with van der Waals surface area (Å²) in [7, 11) is 0. The Hall–Kier alpha value is -0.410. The number of rotatable bonds is 4. The van der Waals surface area contributed by atoms with Crippen molar-refractivity contribution in [2.24, 2.45) is 5.92 Å². The molecule has 0 bridgehead atoms. The molecule has 3 heteroatoms. The van der Waals surface area contributed by atoms with Crippen LogP contribution in [0.15, 0.2) is 22.8 Å². The Morgan fingerprint density at radius 1 is 1.33 bits per heavy atom. The van der Waals surface area contributed by atoms with E-state index >= 15 is 0 Å². The molecule has 82 valence electrons. The lowest BCUT2D eigenvalue weighted by atomic mass is 10.1. The Morgan fingerprint density at radius 2 is 2.13 bits per heavy atom. The quantitative estimate of drug-likeness (QED) is 0.834. The van der Waals surface area contributed by atoms with Crippen molar-refractivity contribution in [1.29, 1.82) is 0 Å². The van der Waals surface area contributed by atoms with Crippen molar-refractivity contribution in [3.05, 3.63) is 28.5 Å². The molecular weight excluding hydrogens is 254 g/mol. The fraction of sp³-hybridized carbons (Fsp3) is 0.583. The maximum absolute atomic E-state index is 5.67. The van der Waals surface area contributed by atoms with Gasteiger partial charge < -0.3 is 4.74 Å². The summed E-state index contributed by atoms with van der Waals surface area (Å²) in [6, 6.07) is 4.00. The zero-order valence-corrected chi connectivity index (χ0v) is 10.4. The van der Waals surface area contributed by atoms with Gasteiger partial charge in [-0.2, -0.15) is 0 Å². The van der Waals surface area contributed by atoms with E-state index in [1.54, 1.807) is 0 Å². The average molecular weight is 270 g/mol. The van der Waals surface area contributed by atoms with Crippen molar-refractivity contribution >= 4 is 15.9 Å². The molecular formula is C12H16BrNO. The highest BCUT2D eigenvalue weighted by atomic mass is 79.9. The molecule has 0 atom stereocenters. The first kappa shape index (κ1) is 11.1. The molecule has 0 aromatic carbocycles. The van der Waals surface area contributed by atoms with Gasteiger partial charge in [-0.1, -0.05) is 12.8 Å². The van der Waals surface area contributed by atoms with Crippen molar-refractivity contribution in [3.63, 3.8) is 0 Å². The summed E-state index contributed by atoms with van der Waals surface area (Å²) in [5, 5.41) is 0. The lowest BCUT2D eigenvalue weighted by Crippen LogP contribution is -2.05. The Balaban J connectivity index is 1.71. The number of nitrogens with zero attached hydrogens (tertiary/aromatic N) is 1. The minimum Gasteiger partial charge on any atom is -0.375 e. The summed E-state index contributed by atoms with van der Waals surface area (Å²) < 4.78 is 6.68. The number of pyridine rings is 1. The summed E-state index contributed by atoms with van der Waals surface area (Å²) in [5.74, 6) is 0.792. The third-order valence-electron chi connectivity index (χ3n) is 2.87. The maximum Gasteiger partial charge on any atom is 0.0887 e. The normalized spacial score (nSPS) is 17.1. The summed E-state index contributed by atoms with van der Waals surface area (Å²) in [6.07, 6.45) is 7.25. The second-order valence-corrected chi connectivity index (χ2v) is 5.05. The van der Waals surface area contributed by atoms with E-state index in [1.807, 2.05) is 18.3 Å². The number of halogens is 1. The van der Waals surface area contributed by atoms with Gasteiger partial charge in [-0.05, 0) is 46.8 Å². The highest BCUT2D eigenvalue weighted by Crippen LogP contribution is 2.24. The molecule has 2 rings (SSSR count). The number of hydrogen-bond donors (Lipinski definition) is 0. The Bertz CT molecular complexity index is 293. The molecule has 1 aliphatic rings. The summed E-state index contributed by atoms with van der Waals surface area (Å²) >= 11 is 3.36. The van der Waals surface area contributed by atoms with Gasteiger partial charge >= 0.3 is 0 Å². The first-order valence-corrected chi connectivity index (χ1v) is 6.32. The van der Waals surface area contributed by atoms with Gasteiger partial charge in [0.1, 0.15) is 0 Å². The van der Waals surface area contributed by atoms with Crippen LogP contribution in [-0.2, 0) is 11.3 Å². The van der Waals surface area contributed by atoms with Crippen molar-refractivity contribution in [3.8, 4) is 0 Å². The number of aromatic nitrogens is 1. The molecule has 15 heavy (non-hydrogen) atoms. The highest BCUT2D eigenvalue weighted by molar-refractivity contribution is 9.10. The van der Waals surface area contributed by atoms with Crippen molar-refractivity contribution in [2.75, 3.05) is 6.61 Å². The average Bonchev–Trinajstić information content (AvgIpc) is 2.74. The zero-order valence-electron chi connectivity index (χ0n) is 8.79. The third kappa shape index (κ3) is 3.58. The molecule has 0 saturated heterocycles. The van der Waals surface area contributed by atoms with Crippen LogP contribution in [0.3, 0.4) is 0 Å². The fourth-order valence-electron chi connectivity index (χ4n) is 2.00. The lowest BCUT2D eigenvalue weighted by Gasteiger charge is -2.09. The maximum atomic E-state index is 5.67. The van der Waals surface area contributed by atoms with E-state index in [4.69, 9.17) is 4.74 Å². The Kier molecular flexibility index (Phi) is 4.15. The van der Waals surface area contributed by atoms with Crippen LogP contribution >= 0.6 is 15.9 Å². The fourth-order valence-corrected chi connectivity index (χ4v) is 2.23. The Morgan fingerprint density at radius 3 is 2.80 bits per heavy atom. The van der Waals surface area contributed by atoms with Crippen LogP contribution in [0, 0.1) is 5.92 Å². The molecule has 1 heterocycles.